The lowest BCUT2D eigenvalue weighted by atomic mass is 10.1. The van der Waals surface area contributed by atoms with Crippen molar-refractivity contribution < 1.29 is 4.79 Å². The number of amides is 1. The van der Waals surface area contributed by atoms with Crippen LogP contribution in [-0.2, 0) is 4.79 Å². The first-order valence-electron chi connectivity index (χ1n) is 5.10. The van der Waals surface area contributed by atoms with Crippen molar-refractivity contribution in [2.24, 2.45) is 0 Å². The van der Waals surface area contributed by atoms with Gasteiger partial charge in [0.15, 0.2) is 0 Å². The van der Waals surface area contributed by atoms with Crippen LogP contribution in [0.2, 0.25) is 0 Å². The minimum atomic E-state index is -0.645. The summed E-state index contributed by atoms with van der Waals surface area (Å²) in [5.74, 6) is -0.134. The number of carbonyl (C=O) groups excluding carboxylic acids is 1. The van der Waals surface area contributed by atoms with Gasteiger partial charge in [0.25, 0.3) is 0 Å². The standard InChI is InChI=1S/C12H14BrN3O/c1-12(2,15-3)11(17)16-10-5-4-8(7-14)6-9(10)13/h4-6,15H,1-3H3,(H,16,17). The Balaban J connectivity index is 2.91. The topological polar surface area (TPSA) is 64.9 Å². The second kappa shape index (κ2) is 5.30. The Morgan fingerprint density at radius 1 is 1.47 bits per heavy atom. The molecule has 2 N–H and O–H groups in total. The summed E-state index contributed by atoms with van der Waals surface area (Å²) in [6.45, 7) is 3.58. The van der Waals surface area contributed by atoms with Crippen molar-refractivity contribution in [1.29, 1.82) is 5.26 Å². The Labute approximate surface area is 109 Å². The Kier molecular flexibility index (Phi) is 4.27. The predicted octanol–water partition coefficient (Wildman–Crippen LogP) is 2.26. The van der Waals surface area contributed by atoms with Crippen molar-refractivity contribution >= 4 is 27.5 Å². The van der Waals surface area contributed by atoms with Gasteiger partial charge < -0.3 is 10.6 Å². The largest absolute Gasteiger partial charge is 0.323 e. The summed E-state index contributed by atoms with van der Waals surface area (Å²) >= 11 is 3.32. The van der Waals surface area contributed by atoms with Gasteiger partial charge >= 0.3 is 0 Å². The molecular formula is C12H14BrN3O. The van der Waals surface area contributed by atoms with Gasteiger partial charge in [0.1, 0.15) is 0 Å². The second-order valence-corrected chi connectivity index (χ2v) is 4.99. The molecule has 4 nitrogen and oxygen atoms in total. The van der Waals surface area contributed by atoms with Gasteiger partial charge in [0.2, 0.25) is 5.91 Å². The monoisotopic (exact) mass is 295 g/mol. The number of rotatable bonds is 3. The normalized spacial score (nSPS) is 10.8. The first-order chi connectivity index (χ1) is 7.90. The second-order valence-electron chi connectivity index (χ2n) is 4.14. The van der Waals surface area contributed by atoms with Gasteiger partial charge in [-0.3, -0.25) is 4.79 Å². The van der Waals surface area contributed by atoms with Crippen molar-refractivity contribution in [3.05, 3.63) is 28.2 Å². The van der Waals surface area contributed by atoms with Crippen LogP contribution in [0.1, 0.15) is 19.4 Å². The third kappa shape index (κ3) is 3.29. The van der Waals surface area contributed by atoms with Crippen LogP contribution >= 0.6 is 15.9 Å². The number of halogens is 1. The summed E-state index contributed by atoms with van der Waals surface area (Å²) in [4.78, 5) is 11.9. The van der Waals surface area contributed by atoms with Gasteiger partial charge in [-0.1, -0.05) is 0 Å². The van der Waals surface area contributed by atoms with Crippen LogP contribution in [0.3, 0.4) is 0 Å². The molecule has 0 aliphatic heterocycles. The highest BCUT2D eigenvalue weighted by Gasteiger charge is 2.25. The summed E-state index contributed by atoms with van der Waals surface area (Å²) in [5, 5.41) is 14.5. The number of anilines is 1. The number of nitrogens with one attached hydrogen (secondary N) is 2. The van der Waals surface area contributed by atoms with Crippen LogP contribution in [0.25, 0.3) is 0 Å². The van der Waals surface area contributed by atoms with E-state index in [9.17, 15) is 4.79 Å². The fourth-order valence-corrected chi connectivity index (χ4v) is 1.56. The Morgan fingerprint density at radius 2 is 2.12 bits per heavy atom. The van der Waals surface area contributed by atoms with Crippen molar-refractivity contribution in [2.75, 3.05) is 12.4 Å². The van der Waals surface area contributed by atoms with Crippen LogP contribution in [0, 0.1) is 11.3 Å². The molecule has 0 aliphatic carbocycles. The molecule has 0 aliphatic rings. The van der Waals surface area contributed by atoms with Gasteiger partial charge in [-0.15, -0.1) is 0 Å². The van der Waals surface area contributed by atoms with E-state index in [1.807, 2.05) is 6.07 Å². The molecule has 0 aromatic heterocycles. The molecule has 0 heterocycles. The van der Waals surface area contributed by atoms with E-state index in [0.29, 0.717) is 15.7 Å². The Bertz CT molecular complexity index is 477. The molecule has 17 heavy (non-hydrogen) atoms. The zero-order valence-electron chi connectivity index (χ0n) is 9.97. The fraction of sp³-hybridized carbons (Fsp3) is 0.333. The summed E-state index contributed by atoms with van der Waals surface area (Å²) in [7, 11) is 1.73. The van der Waals surface area contributed by atoms with Gasteiger partial charge in [-0.25, -0.2) is 0 Å². The Hall–Kier alpha value is -1.38. The average molecular weight is 296 g/mol. The molecule has 0 saturated heterocycles. The molecule has 90 valence electrons. The lowest BCUT2D eigenvalue weighted by molar-refractivity contribution is -0.121. The molecule has 0 spiro atoms. The highest BCUT2D eigenvalue weighted by Crippen LogP contribution is 2.24. The SMILES string of the molecule is CNC(C)(C)C(=O)Nc1ccc(C#N)cc1Br. The van der Waals surface area contributed by atoms with Gasteiger partial charge in [0, 0.05) is 4.47 Å². The smallest absolute Gasteiger partial charge is 0.244 e. The van der Waals surface area contributed by atoms with Crippen molar-refractivity contribution in [3.63, 3.8) is 0 Å². The first kappa shape index (κ1) is 13.7. The number of benzene rings is 1. The zero-order valence-corrected chi connectivity index (χ0v) is 11.6. The third-order valence-corrected chi connectivity index (χ3v) is 3.20. The molecule has 0 fully saturated rings. The summed E-state index contributed by atoms with van der Waals surface area (Å²) in [5.41, 5.74) is 0.549. The summed E-state index contributed by atoms with van der Waals surface area (Å²) in [6.07, 6.45) is 0. The highest BCUT2D eigenvalue weighted by atomic mass is 79.9. The molecule has 0 bridgehead atoms. The minimum absolute atomic E-state index is 0.134. The lowest BCUT2D eigenvalue weighted by Gasteiger charge is -2.23. The minimum Gasteiger partial charge on any atom is -0.323 e. The lowest BCUT2D eigenvalue weighted by Crippen LogP contribution is -2.47. The summed E-state index contributed by atoms with van der Waals surface area (Å²) in [6, 6.07) is 7.06. The van der Waals surface area contributed by atoms with Crippen LogP contribution in [0.5, 0.6) is 0 Å². The molecule has 5 heteroatoms. The fourth-order valence-electron chi connectivity index (χ4n) is 1.08. The number of nitriles is 1. The number of carbonyl (C=O) groups is 1. The van der Waals surface area contributed by atoms with Crippen LogP contribution < -0.4 is 10.6 Å². The maximum absolute atomic E-state index is 11.9. The maximum atomic E-state index is 11.9. The van der Waals surface area contributed by atoms with Crippen LogP contribution in [0.4, 0.5) is 5.69 Å². The van der Waals surface area contributed by atoms with Gasteiger partial charge in [-0.2, -0.15) is 5.26 Å². The van der Waals surface area contributed by atoms with Gasteiger partial charge in [0.05, 0.1) is 22.9 Å². The van der Waals surface area contributed by atoms with E-state index < -0.39 is 5.54 Å². The van der Waals surface area contributed by atoms with E-state index in [-0.39, 0.29) is 5.91 Å². The van der Waals surface area contributed by atoms with E-state index in [1.165, 1.54) is 0 Å². The molecule has 0 saturated carbocycles. The van der Waals surface area contributed by atoms with Gasteiger partial charge in [-0.05, 0) is 55.0 Å². The number of hydrogen-bond acceptors (Lipinski definition) is 3. The van der Waals surface area contributed by atoms with E-state index in [4.69, 9.17) is 5.26 Å². The van der Waals surface area contributed by atoms with Crippen LogP contribution in [0.15, 0.2) is 22.7 Å². The average Bonchev–Trinajstić information content (AvgIpc) is 2.31. The van der Waals surface area contributed by atoms with E-state index >= 15 is 0 Å². The molecule has 1 aromatic carbocycles. The number of nitrogens with zero attached hydrogens (tertiary/aromatic N) is 1. The van der Waals surface area contributed by atoms with E-state index in [0.717, 1.165) is 0 Å². The van der Waals surface area contributed by atoms with Crippen molar-refractivity contribution in [2.45, 2.75) is 19.4 Å². The molecule has 1 aromatic rings. The van der Waals surface area contributed by atoms with Crippen molar-refractivity contribution in [1.82, 2.24) is 5.32 Å². The molecule has 0 unspecified atom stereocenters. The number of hydrogen-bond donors (Lipinski definition) is 2. The van der Waals surface area contributed by atoms with E-state index in [2.05, 4.69) is 26.6 Å². The zero-order chi connectivity index (χ0) is 13.1. The maximum Gasteiger partial charge on any atom is 0.244 e. The van der Waals surface area contributed by atoms with E-state index in [1.54, 1.807) is 39.1 Å². The molecule has 0 atom stereocenters. The summed E-state index contributed by atoms with van der Waals surface area (Å²) < 4.78 is 0.691. The predicted molar refractivity (Wildman–Crippen MR) is 70.6 cm³/mol. The highest BCUT2D eigenvalue weighted by molar-refractivity contribution is 9.10. The molecule has 1 amide bonds. The van der Waals surface area contributed by atoms with Crippen LogP contribution in [-0.4, -0.2) is 18.5 Å². The van der Waals surface area contributed by atoms with Crippen molar-refractivity contribution in [3.8, 4) is 6.07 Å². The number of likely N-dealkylation sites (N-methyl/N-ethyl adjacent to an activating group) is 1. The Morgan fingerprint density at radius 3 is 2.59 bits per heavy atom. The molecule has 1 rings (SSSR count). The first-order valence-corrected chi connectivity index (χ1v) is 5.90. The molecule has 0 radical (unpaired) electrons. The third-order valence-electron chi connectivity index (χ3n) is 2.54. The molecular weight excluding hydrogens is 282 g/mol. The quantitative estimate of drug-likeness (QED) is 0.899.